The number of benzene rings is 2. The second-order valence-corrected chi connectivity index (χ2v) is 8.16. The van der Waals surface area contributed by atoms with Gasteiger partial charge in [-0.15, -0.1) is 10.2 Å². The van der Waals surface area contributed by atoms with E-state index in [2.05, 4.69) is 27.3 Å². The van der Waals surface area contributed by atoms with Crippen molar-refractivity contribution in [2.24, 2.45) is 0 Å². The molecule has 0 aliphatic carbocycles. The Morgan fingerprint density at radius 3 is 2.65 bits per heavy atom. The molecule has 7 nitrogen and oxygen atoms in total. The highest BCUT2D eigenvalue weighted by Gasteiger charge is 2.22. The van der Waals surface area contributed by atoms with Crippen LogP contribution in [0, 0.1) is 5.82 Å². The lowest BCUT2D eigenvalue weighted by atomic mass is 10.3. The Hall–Kier alpha value is -3.20. The molecule has 0 saturated carbocycles. The molecule has 1 atom stereocenters. The van der Waals surface area contributed by atoms with Gasteiger partial charge in [0.1, 0.15) is 6.61 Å². The highest BCUT2D eigenvalue weighted by Crippen LogP contribution is 2.34. The Balaban J connectivity index is 1.59. The van der Waals surface area contributed by atoms with E-state index in [0.29, 0.717) is 22.7 Å². The molecule has 0 radical (unpaired) electrons. The molecule has 0 aliphatic heterocycles. The van der Waals surface area contributed by atoms with Gasteiger partial charge in [0.2, 0.25) is 5.89 Å². The first-order valence-electron chi connectivity index (χ1n) is 10.0. The third-order valence-electron chi connectivity index (χ3n) is 4.50. The Morgan fingerprint density at radius 2 is 1.87 bits per heavy atom. The number of rotatable bonds is 9. The lowest BCUT2D eigenvalue weighted by Gasteiger charge is -2.12. The molecule has 0 unspecified atom stereocenters. The summed E-state index contributed by atoms with van der Waals surface area (Å²) in [5, 5.41) is 13.2. The molecule has 2 heterocycles. The maximum absolute atomic E-state index is 13.9. The van der Waals surface area contributed by atoms with Gasteiger partial charge in [0.15, 0.2) is 28.4 Å². The van der Waals surface area contributed by atoms with Crippen LogP contribution in [0.25, 0.3) is 5.69 Å². The Labute approximate surface area is 183 Å². The third-order valence-corrected chi connectivity index (χ3v) is 5.53. The minimum atomic E-state index is -0.421. The lowest BCUT2D eigenvalue weighted by Crippen LogP contribution is -2.07. The average Bonchev–Trinajstić information content (AvgIpc) is 3.41. The summed E-state index contributed by atoms with van der Waals surface area (Å²) in [6.45, 7) is 4.12. The summed E-state index contributed by atoms with van der Waals surface area (Å²) in [6, 6.07) is 16.0. The number of aryl methyl sites for hydroxylation is 1. The number of ether oxygens (including phenoxy) is 1. The van der Waals surface area contributed by atoms with Crippen molar-refractivity contribution in [1.82, 2.24) is 24.9 Å². The topological polar surface area (TPSA) is 78.9 Å². The van der Waals surface area contributed by atoms with Crippen molar-refractivity contribution in [3.63, 3.8) is 0 Å². The van der Waals surface area contributed by atoms with Crippen molar-refractivity contribution in [2.75, 3.05) is 0 Å². The molecule has 0 fully saturated rings. The van der Waals surface area contributed by atoms with E-state index in [9.17, 15) is 4.39 Å². The van der Waals surface area contributed by atoms with E-state index >= 15 is 0 Å². The molecular formula is C22H22FN5O2S. The van der Waals surface area contributed by atoms with Crippen LogP contribution in [0.15, 0.2) is 64.3 Å². The van der Waals surface area contributed by atoms with Crippen LogP contribution in [0.1, 0.15) is 43.1 Å². The van der Waals surface area contributed by atoms with E-state index in [-0.39, 0.29) is 17.6 Å². The van der Waals surface area contributed by atoms with Crippen molar-refractivity contribution in [1.29, 1.82) is 0 Å². The summed E-state index contributed by atoms with van der Waals surface area (Å²) in [7, 11) is 0. The zero-order chi connectivity index (χ0) is 21.6. The van der Waals surface area contributed by atoms with Gasteiger partial charge in [-0.05, 0) is 37.6 Å². The molecule has 31 heavy (non-hydrogen) atoms. The molecule has 2 aromatic heterocycles. The van der Waals surface area contributed by atoms with Crippen LogP contribution in [0.4, 0.5) is 4.39 Å². The molecule has 4 rings (SSSR count). The van der Waals surface area contributed by atoms with Gasteiger partial charge in [0.25, 0.3) is 0 Å². The summed E-state index contributed by atoms with van der Waals surface area (Å²) in [5.41, 5.74) is 0.881. The predicted octanol–water partition coefficient (Wildman–Crippen LogP) is 5.17. The molecule has 2 aromatic carbocycles. The second-order valence-electron chi connectivity index (χ2n) is 6.85. The van der Waals surface area contributed by atoms with Crippen LogP contribution < -0.4 is 4.74 Å². The minimum Gasteiger partial charge on any atom is -0.483 e. The first-order chi connectivity index (χ1) is 15.2. The van der Waals surface area contributed by atoms with E-state index in [4.69, 9.17) is 9.26 Å². The number of para-hydroxylation sites is 2. The monoisotopic (exact) mass is 439 g/mol. The van der Waals surface area contributed by atoms with Gasteiger partial charge in [0.05, 0.1) is 5.25 Å². The van der Waals surface area contributed by atoms with Crippen LogP contribution >= 0.6 is 11.8 Å². The molecule has 0 bridgehead atoms. The molecule has 4 aromatic rings. The molecule has 0 aliphatic rings. The molecule has 0 amide bonds. The highest BCUT2D eigenvalue weighted by molar-refractivity contribution is 7.99. The number of hydrogen-bond acceptors (Lipinski definition) is 7. The van der Waals surface area contributed by atoms with Crippen molar-refractivity contribution >= 4 is 11.8 Å². The molecule has 0 spiro atoms. The van der Waals surface area contributed by atoms with Gasteiger partial charge in [-0.1, -0.05) is 54.2 Å². The van der Waals surface area contributed by atoms with Crippen molar-refractivity contribution in [3.8, 4) is 11.4 Å². The number of halogens is 1. The average molecular weight is 440 g/mol. The van der Waals surface area contributed by atoms with Crippen LogP contribution in [0.2, 0.25) is 0 Å². The number of aromatic nitrogens is 5. The number of nitrogens with zero attached hydrogens (tertiary/aromatic N) is 5. The van der Waals surface area contributed by atoms with Crippen molar-refractivity contribution in [3.05, 3.63) is 78.0 Å². The van der Waals surface area contributed by atoms with Crippen LogP contribution in [0.5, 0.6) is 5.75 Å². The zero-order valence-electron chi connectivity index (χ0n) is 17.2. The fraction of sp³-hybridized carbons (Fsp3) is 0.273. The Kier molecular flexibility index (Phi) is 6.61. The summed E-state index contributed by atoms with van der Waals surface area (Å²) in [6.07, 6.45) is 1.73. The van der Waals surface area contributed by atoms with Gasteiger partial charge in [-0.2, -0.15) is 4.98 Å². The molecular weight excluding hydrogens is 417 g/mol. The van der Waals surface area contributed by atoms with Gasteiger partial charge in [-0.3, -0.25) is 4.57 Å². The Bertz CT molecular complexity index is 1130. The van der Waals surface area contributed by atoms with E-state index in [1.54, 1.807) is 18.2 Å². The third kappa shape index (κ3) is 4.93. The zero-order valence-corrected chi connectivity index (χ0v) is 18.1. The summed E-state index contributed by atoms with van der Waals surface area (Å²) in [5.74, 6) is 1.55. The summed E-state index contributed by atoms with van der Waals surface area (Å²) in [4.78, 5) is 4.47. The molecule has 9 heteroatoms. The van der Waals surface area contributed by atoms with Crippen LogP contribution in [0.3, 0.4) is 0 Å². The van der Waals surface area contributed by atoms with E-state index < -0.39 is 5.82 Å². The molecule has 0 saturated heterocycles. The SMILES string of the molecule is CCCc1noc([C@H](C)Sc2nnc(COc3ccccc3F)n2-c2ccccc2)n1. The van der Waals surface area contributed by atoms with Gasteiger partial charge < -0.3 is 9.26 Å². The van der Waals surface area contributed by atoms with Gasteiger partial charge in [-0.25, -0.2) is 4.39 Å². The Morgan fingerprint density at radius 1 is 1.10 bits per heavy atom. The fourth-order valence-electron chi connectivity index (χ4n) is 2.98. The smallest absolute Gasteiger partial charge is 0.239 e. The van der Waals surface area contributed by atoms with Crippen LogP contribution in [-0.4, -0.2) is 24.9 Å². The standard InChI is InChI=1S/C22H22FN5O2S/c1-3-9-19-24-21(30-27-19)15(2)31-22-26-25-20(28(22)16-10-5-4-6-11-16)14-29-18-13-8-7-12-17(18)23/h4-8,10-13,15H,3,9,14H2,1-2H3/t15-/m0/s1. The van der Waals surface area contributed by atoms with Gasteiger partial charge in [0, 0.05) is 12.1 Å². The normalized spacial score (nSPS) is 12.1. The maximum Gasteiger partial charge on any atom is 0.239 e. The highest BCUT2D eigenvalue weighted by atomic mass is 32.2. The summed E-state index contributed by atoms with van der Waals surface area (Å²) >= 11 is 1.46. The number of thioether (sulfide) groups is 1. The first kappa shape index (κ1) is 21.0. The van der Waals surface area contributed by atoms with E-state index in [1.165, 1.54) is 17.8 Å². The summed E-state index contributed by atoms with van der Waals surface area (Å²) < 4.78 is 26.9. The first-order valence-corrected chi connectivity index (χ1v) is 10.9. The van der Waals surface area contributed by atoms with Crippen LogP contribution in [-0.2, 0) is 13.0 Å². The minimum absolute atomic E-state index is 0.0684. The fourth-order valence-corrected chi connectivity index (χ4v) is 3.89. The number of hydrogen-bond donors (Lipinski definition) is 0. The van der Waals surface area contributed by atoms with E-state index in [1.807, 2.05) is 41.8 Å². The maximum atomic E-state index is 13.9. The van der Waals surface area contributed by atoms with Crippen molar-refractivity contribution in [2.45, 2.75) is 43.7 Å². The van der Waals surface area contributed by atoms with Gasteiger partial charge >= 0.3 is 0 Å². The molecule has 0 N–H and O–H groups in total. The van der Waals surface area contributed by atoms with E-state index in [0.717, 1.165) is 18.5 Å². The predicted molar refractivity (Wildman–Crippen MR) is 115 cm³/mol. The lowest BCUT2D eigenvalue weighted by molar-refractivity contribution is 0.278. The molecule has 160 valence electrons. The quantitative estimate of drug-likeness (QED) is 0.333. The van der Waals surface area contributed by atoms with Crippen molar-refractivity contribution < 1.29 is 13.7 Å². The second kappa shape index (κ2) is 9.74. The largest absolute Gasteiger partial charge is 0.483 e.